The van der Waals surface area contributed by atoms with Crippen LogP contribution in [0, 0.1) is 12.8 Å². The van der Waals surface area contributed by atoms with E-state index in [-0.39, 0.29) is 12.6 Å². The number of aromatic nitrogens is 2. The molecule has 1 saturated heterocycles. The molecule has 1 aliphatic heterocycles. The van der Waals surface area contributed by atoms with Gasteiger partial charge in [0, 0.05) is 13.0 Å². The Hall–Kier alpha value is -0.940. The van der Waals surface area contributed by atoms with E-state index in [4.69, 9.17) is 4.52 Å². The van der Waals surface area contributed by atoms with E-state index in [0.29, 0.717) is 24.2 Å². The third kappa shape index (κ3) is 2.41. The summed E-state index contributed by atoms with van der Waals surface area (Å²) in [6, 6.07) is 0.229. The van der Waals surface area contributed by atoms with Gasteiger partial charge in [-0.25, -0.2) is 0 Å². The van der Waals surface area contributed by atoms with E-state index >= 15 is 0 Å². The largest absolute Gasteiger partial charge is 0.395 e. The van der Waals surface area contributed by atoms with E-state index in [1.54, 1.807) is 6.92 Å². The third-order valence-electron chi connectivity index (χ3n) is 3.33. The lowest BCUT2D eigenvalue weighted by atomic mass is 9.91. The summed E-state index contributed by atoms with van der Waals surface area (Å²) in [5.41, 5.74) is 0. The van der Waals surface area contributed by atoms with Crippen LogP contribution in [-0.4, -0.2) is 39.3 Å². The second kappa shape index (κ2) is 4.93. The SMILES string of the molecule is Cc1nc(CN2CCCC(C)C2CO)no1. The highest BCUT2D eigenvalue weighted by molar-refractivity contribution is 4.88. The maximum Gasteiger partial charge on any atom is 0.223 e. The van der Waals surface area contributed by atoms with Crippen molar-refractivity contribution in [3.63, 3.8) is 0 Å². The van der Waals surface area contributed by atoms with Crippen LogP contribution in [0.1, 0.15) is 31.5 Å². The van der Waals surface area contributed by atoms with Crippen LogP contribution in [0.15, 0.2) is 4.52 Å². The maximum atomic E-state index is 9.41. The first-order valence-electron chi connectivity index (χ1n) is 5.85. The van der Waals surface area contributed by atoms with Crippen molar-refractivity contribution in [2.75, 3.05) is 13.2 Å². The first-order valence-corrected chi connectivity index (χ1v) is 5.85. The number of rotatable bonds is 3. The highest BCUT2D eigenvalue weighted by Crippen LogP contribution is 2.23. The standard InChI is InChI=1S/C11H19N3O2/c1-8-4-3-5-14(10(8)7-15)6-11-12-9(2)16-13-11/h8,10,15H,3-7H2,1-2H3. The number of aliphatic hydroxyl groups excluding tert-OH is 1. The summed E-state index contributed by atoms with van der Waals surface area (Å²) in [5.74, 6) is 1.84. The summed E-state index contributed by atoms with van der Waals surface area (Å²) in [5, 5.41) is 13.3. The summed E-state index contributed by atoms with van der Waals surface area (Å²) in [4.78, 5) is 6.45. The van der Waals surface area contributed by atoms with Gasteiger partial charge in [-0.3, -0.25) is 4.90 Å². The molecular formula is C11H19N3O2. The number of piperidine rings is 1. The molecule has 1 aliphatic rings. The molecule has 1 aromatic heterocycles. The Bertz CT molecular complexity index is 340. The van der Waals surface area contributed by atoms with Crippen LogP contribution in [0.25, 0.3) is 0 Å². The van der Waals surface area contributed by atoms with Gasteiger partial charge in [0.1, 0.15) is 0 Å². The molecule has 5 heteroatoms. The van der Waals surface area contributed by atoms with Crippen molar-refractivity contribution in [3.8, 4) is 0 Å². The summed E-state index contributed by atoms with van der Waals surface area (Å²) in [6.07, 6.45) is 2.36. The van der Waals surface area contributed by atoms with Gasteiger partial charge in [0.25, 0.3) is 0 Å². The van der Waals surface area contributed by atoms with Crippen molar-refractivity contribution in [2.24, 2.45) is 5.92 Å². The third-order valence-corrected chi connectivity index (χ3v) is 3.33. The second-order valence-corrected chi connectivity index (χ2v) is 4.57. The molecule has 0 spiro atoms. The normalized spacial score (nSPS) is 27.2. The number of hydrogen-bond donors (Lipinski definition) is 1. The molecule has 1 fully saturated rings. The lowest BCUT2D eigenvalue weighted by Gasteiger charge is -2.38. The Morgan fingerprint density at radius 1 is 1.56 bits per heavy atom. The van der Waals surface area contributed by atoms with E-state index < -0.39 is 0 Å². The van der Waals surface area contributed by atoms with E-state index in [2.05, 4.69) is 22.0 Å². The van der Waals surface area contributed by atoms with Crippen molar-refractivity contribution in [1.82, 2.24) is 15.0 Å². The van der Waals surface area contributed by atoms with E-state index in [1.165, 1.54) is 12.8 Å². The number of likely N-dealkylation sites (tertiary alicyclic amines) is 1. The van der Waals surface area contributed by atoms with Crippen molar-refractivity contribution in [3.05, 3.63) is 11.7 Å². The highest BCUT2D eigenvalue weighted by atomic mass is 16.5. The smallest absolute Gasteiger partial charge is 0.223 e. The Labute approximate surface area is 95.4 Å². The van der Waals surface area contributed by atoms with E-state index in [0.717, 1.165) is 6.54 Å². The molecule has 2 atom stereocenters. The van der Waals surface area contributed by atoms with Crippen molar-refractivity contribution in [2.45, 2.75) is 39.3 Å². The first kappa shape index (κ1) is 11.5. The molecule has 0 aliphatic carbocycles. The minimum Gasteiger partial charge on any atom is -0.395 e. The van der Waals surface area contributed by atoms with Crippen LogP contribution < -0.4 is 0 Å². The maximum absolute atomic E-state index is 9.41. The average Bonchev–Trinajstić information content (AvgIpc) is 2.64. The van der Waals surface area contributed by atoms with Crippen molar-refractivity contribution in [1.29, 1.82) is 0 Å². The first-order chi connectivity index (χ1) is 7.70. The Kier molecular flexibility index (Phi) is 3.56. The second-order valence-electron chi connectivity index (χ2n) is 4.57. The minimum absolute atomic E-state index is 0.206. The molecule has 0 radical (unpaired) electrons. The quantitative estimate of drug-likeness (QED) is 0.830. The summed E-state index contributed by atoms with van der Waals surface area (Å²) in [6.45, 7) is 5.86. The molecule has 1 N–H and O–H groups in total. The molecule has 2 heterocycles. The molecular weight excluding hydrogens is 206 g/mol. The van der Waals surface area contributed by atoms with Crippen LogP contribution in [0.3, 0.4) is 0 Å². The predicted molar refractivity (Wildman–Crippen MR) is 58.7 cm³/mol. The Balaban J connectivity index is 2.02. The van der Waals surface area contributed by atoms with Gasteiger partial charge in [0.15, 0.2) is 5.82 Å². The van der Waals surface area contributed by atoms with Crippen molar-refractivity contribution < 1.29 is 9.63 Å². The lowest BCUT2D eigenvalue weighted by molar-refractivity contribution is 0.0449. The predicted octanol–water partition coefficient (Wildman–Crippen LogP) is 0.971. The van der Waals surface area contributed by atoms with Gasteiger partial charge in [-0.1, -0.05) is 12.1 Å². The molecule has 5 nitrogen and oxygen atoms in total. The average molecular weight is 225 g/mol. The fourth-order valence-electron chi connectivity index (χ4n) is 2.41. The molecule has 0 saturated carbocycles. The molecule has 0 aromatic carbocycles. The van der Waals surface area contributed by atoms with Crippen LogP contribution >= 0.6 is 0 Å². The summed E-state index contributed by atoms with van der Waals surface area (Å²) >= 11 is 0. The topological polar surface area (TPSA) is 62.4 Å². The van der Waals surface area contributed by atoms with Gasteiger partial charge in [0.05, 0.1) is 13.2 Å². The number of aliphatic hydroxyl groups is 1. The van der Waals surface area contributed by atoms with Gasteiger partial charge in [-0.2, -0.15) is 4.98 Å². The van der Waals surface area contributed by atoms with Gasteiger partial charge in [-0.15, -0.1) is 0 Å². The fraction of sp³-hybridized carbons (Fsp3) is 0.818. The van der Waals surface area contributed by atoms with E-state index in [1.807, 2.05) is 0 Å². The molecule has 1 aromatic rings. The lowest BCUT2D eigenvalue weighted by Crippen LogP contribution is -2.46. The number of aryl methyl sites for hydroxylation is 1. The fourth-order valence-corrected chi connectivity index (χ4v) is 2.41. The highest BCUT2D eigenvalue weighted by Gasteiger charge is 2.28. The van der Waals surface area contributed by atoms with Crippen molar-refractivity contribution >= 4 is 0 Å². The van der Waals surface area contributed by atoms with Gasteiger partial charge in [-0.05, 0) is 25.3 Å². The molecule has 0 amide bonds. The van der Waals surface area contributed by atoms with Crippen LogP contribution in [0.4, 0.5) is 0 Å². The van der Waals surface area contributed by atoms with Gasteiger partial charge >= 0.3 is 0 Å². The Morgan fingerprint density at radius 2 is 2.38 bits per heavy atom. The number of hydrogen-bond acceptors (Lipinski definition) is 5. The molecule has 16 heavy (non-hydrogen) atoms. The Morgan fingerprint density at radius 3 is 3.00 bits per heavy atom. The number of nitrogens with zero attached hydrogens (tertiary/aromatic N) is 3. The zero-order valence-electron chi connectivity index (χ0n) is 9.89. The van der Waals surface area contributed by atoms with Gasteiger partial charge in [0.2, 0.25) is 5.89 Å². The molecule has 90 valence electrons. The summed E-state index contributed by atoms with van der Waals surface area (Å²) < 4.78 is 4.95. The molecule has 0 bridgehead atoms. The van der Waals surface area contributed by atoms with Crippen LogP contribution in [0.5, 0.6) is 0 Å². The van der Waals surface area contributed by atoms with Crippen LogP contribution in [-0.2, 0) is 6.54 Å². The molecule has 2 unspecified atom stereocenters. The van der Waals surface area contributed by atoms with E-state index in [9.17, 15) is 5.11 Å². The van der Waals surface area contributed by atoms with Crippen LogP contribution in [0.2, 0.25) is 0 Å². The van der Waals surface area contributed by atoms with Gasteiger partial charge < -0.3 is 9.63 Å². The zero-order valence-corrected chi connectivity index (χ0v) is 9.89. The zero-order chi connectivity index (χ0) is 11.5. The summed E-state index contributed by atoms with van der Waals surface area (Å²) in [7, 11) is 0. The molecule has 2 rings (SSSR count). The minimum atomic E-state index is 0.206. The monoisotopic (exact) mass is 225 g/mol.